The Kier molecular flexibility index (Phi) is 12.2. The average Bonchev–Trinajstić information content (AvgIpc) is 2.81. The molecule has 172 valence electrons. The third-order valence-electron chi connectivity index (χ3n) is 4.94. The van der Waals surface area contributed by atoms with Crippen LogP contribution in [0, 0.1) is 10.4 Å². The molecule has 2 aromatic rings. The first-order valence-corrected chi connectivity index (χ1v) is 9.91. The van der Waals surface area contributed by atoms with E-state index in [0.717, 1.165) is 0 Å². The van der Waals surface area contributed by atoms with Gasteiger partial charge < -0.3 is 39.7 Å². The van der Waals surface area contributed by atoms with Gasteiger partial charge in [-0.2, -0.15) is 0 Å². The molecule has 2 aliphatic rings. The molecule has 4 heterocycles. The average molecular weight is 460 g/mol. The van der Waals surface area contributed by atoms with E-state index in [2.05, 4.69) is 0 Å². The van der Waals surface area contributed by atoms with Crippen LogP contribution < -0.4 is 67.2 Å². The SMILES string of the molecule is O=C([O-])c1cc[n+]([O-])c(N2CCOCC2)c1.O=C([O-])c1cc[n+]([O-])c(N2CCOCC2)c1.[Li+].[Li+]. The zero-order valence-corrected chi connectivity index (χ0v) is 19.2. The van der Waals surface area contributed by atoms with Gasteiger partial charge in [0.25, 0.3) is 11.6 Å². The van der Waals surface area contributed by atoms with E-state index in [9.17, 15) is 30.2 Å². The van der Waals surface area contributed by atoms with Crippen molar-refractivity contribution in [3.05, 3.63) is 58.2 Å². The van der Waals surface area contributed by atoms with Crippen molar-refractivity contribution in [1.82, 2.24) is 0 Å². The minimum Gasteiger partial charge on any atom is -0.711 e. The van der Waals surface area contributed by atoms with Crippen LogP contribution in [0.3, 0.4) is 0 Å². The number of anilines is 2. The van der Waals surface area contributed by atoms with Crippen LogP contribution in [-0.2, 0) is 9.47 Å². The summed E-state index contributed by atoms with van der Waals surface area (Å²) in [7, 11) is 0. The van der Waals surface area contributed by atoms with E-state index in [1.54, 1.807) is 9.80 Å². The Hall–Kier alpha value is -2.45. The third kappa shape index (κ3) is 7.81. The fraction of sp³-hybridized carbons (Fsp3) is 0.400. The Balaban J connectivity index is 0.000000321. The number of aromatic nitrogens is 2. The van der Waals surface area contributed by atoms with Crippen molar-refractivity contribution in [2.75, 3.05) is 62.4 Å². The van der Waals surface area contributed by atoms with Crippen molar-refractivity contribution in [2.24, 2.45) is 0 Å². The number of aromatic carboxylic acids is 2. The maximum absolute atomic E-state index is 11.5. The van der Waals surface area contributed by atoms with Crippen LogP contribution in [0.2, 0.25) is 0 Å². The summed E-state index contributed by atoms with van der Waals surface area (Å²) in [6.07, 6.45) is 2.35. The number of hydrogen-bond acceptors (Lipinski definition) is 10. The van der Waals surface area contributed by atoms with E-state index < -0.39 is 11.9 Å². The number of carbonyl (C=O) groups is 2. The fourth-order valence-corrected chi connectivity index (χ4v) is 3.25. The number of carboxylic acid groups (broad SMARTS) is 2. The summed E-state index contributed by atoms with van der Waals surface area (Å²) in [6.45, 7) is 4.48. The van der Waals surface area contributed by atoms with E-state index in [1.807, 2.05) is 0 Å². The molecule has 0 bridgehead atoms. The maximum Gasteiger partial charge on any atom is 1.00 e. The van der Waals surface area contributed by atoms with Gasteiger partial charge in [-0.05, 0) is 12.1 Å². The van der Waals surface area contributed by atoms with Crippen LogP contribution in [0.25, 0.3) is 0 Å². The van der Waals surface area contributed by atoms with Gasteiger partial charge in [-0.3, -0.25) is 9.80 Å². The molecule has 2 aliphatic heterocycles. The number of pyridine rings is 2. The Morgan fingerprint density at radius 2 is 1.03 bits per heavy atom. The molecule has 2 fully saturated rings. The molecule has 0 amide bonds. The van der Waals surface area contributed by atoms with Crippen LogP contribution >= 0.6 is 0 Å². The molecule has 0 N–H and O–H groups in total. The molecule has 0 unspecified atom stereocenters. The largest absolute Gasteiger partial charge is 1.00 e. The molecule has 0 aliphatic carbocycles. The Bertz CT molecular complexity index is 892. The summed E-state index contributed by atoms with van der Waals surface area (Å²) in [5, 5.41) is 44.4. The molecule has 0 atom stereocenters. The van der Waals surface area contributed by atoms with Crippen molar-refractivity contribution in [1.29, 1.82) is 0 Å². The van der Waals surface area contributed by atoms with E-state index in [4.69, 9.17) is 9.47 Å². The molecule has 0 aromatic carbocycles. The quantitative estimate of drug-likeness (QED) is 0.244. The van der Waals surface area contributed by atoms with Gasteiger partial charge in [-0.15, -0.1) is 0 Å². The van der Waals surface area contributed by atoms with Crippen molar-refractivity contribution in [3.63, 3.8) is 0 Å². The summed E-state index contributed by atoms with van der Waals surface area (Å²) in [5.41, 5.74) is 0.0159. The van der Waals surface area contributed by atoms with E-state index in [1.165, 1.54) is 36.7 Å². The molecular formula is C20H22Li2N4O8. The van der Waals surface area contributed by atoms with Crippen molar-refractivity contribution >= 4 is 23.6 Å². The van der Waals surface area contributed by atoms with Crippen molar-refractivity contribution < 1.29 is 76.5 Å². The third-order valence-corrected chi connectivity index (χ3v) is 4.94. The Morgan fingerprint density at radius 1 is 0.706 bits per heavy atom. The summed E-state index contributed by atoms with van der Waals surface area (Å²) in [5.74, 6) is -1.92. The number of nitrogens with zero attached hydrogens (tertiary/aromatic N) is 4. The second-order valence-electron chi connectivity index (χ2n) is 6.97. The van der Waals surface area contributed by atoms with Gasteiger partial charge in [-0.1, -0.05) is 0 Å². The number of morpholine rings is 2. The number of carboxylic acids is 2. The van der Waals surface area contributed by atoms with Gasteiger partial charge in [0.15, 0.2) is 0 Å². The van der Waals surface area contributed by atoms with Crippen molar-refractivity contribution in [2.45, 2.75) is 0 Å². The molecule has 2 saturated heterocycles. The minimum absolute atomic E-state index is 0. The molecule has 4 rings (SSSR count). The molecular weight excluding hydrogens is 438 g/mol. The number of ether oxygens (including phenoxy) is 2. The molecule has 34 heavy (non-hydrogen) atoms. The summed E-state index contributed by atoms with van der Waals surface area (Å²) in [6, 6.07) is 5.11. The predicted octanol–water partition coefficient (Wildman–Crippen LogP) is -8.95. The molecule has 0 spiro atoms. The first-order valence-electron chi connectivity index (χ1n) is 9.91. The molecule has 0 radical (unpaired) electrons. The zero-order chi connectivity index (χ0) is 23.1. The van der Waals surface area contributed by atoms with Crippen LogP contribution in [0.15, 0.2) is 36.7 Å². The normalized spacial score (nSPS) is 15.2. The van der Waals surface area contributed by atoms with E-state index in [0.29, 0.717) is 73.7 Å². The van der Waals surface area contributed by atoms with E-state index in [-0.39, 0.29) is 48.8 Å². The van der Waals surface area contributed by atoms with Gasteiger partial charge in [-0.25, -0.2) is 9.46 Å². The minimum atomic E-state index is -1.28. The summed E-state index contributed by atoms with van der Waals surface area (Å²) >= 11 is 0. The second-order valence-corrected chi connectivity index (χ2v) is 6.97. The second kappa shape index (κ2) is 14.1. The van der Waals surface area contributed by atoms with Gasteiger partial charge in [0.2, 0.25) is 0 Å². The Labute approximate surface area is 220 Å². The van der Waals surface area contributed by atoms with Gasteiger partial charge in [0.1, 0.15) is 26.2 Å². The summed E-state index contributed by atoms with van der Waals surface area (Å²) < 4.78 is 11.6. The first-order chi connectivity index (χ1) is 15.4. The van der Waals surface area contributed by atoms with Gasteiger partial charge >= 0.3 is 37.7 Å². The number of hydrogen-bond donors (Lipinski definition) is 0. The topological polar surface area (TPSA) is 159 Å². The fourth-order valence-electron chi connectivity index (χ4n) is 3.25. The van der Waals surface area contributed by atoms with Gasteiger partial charge in [0.05, 0.1) is 50.8 Å². The molecule has 2 aromatic heterocycles. The molecule has 12 nitrogen and oxygen atoms in total. The van der Waals surface area contributed by atoms with E-state index >= 15 is 0 Å². The standard InChI is InChI=1S/2C10H12N2O4.2Li/c2*13-10(14)8-1-2-12(15)9(7-8)11-3-5-16-6-4-11;;/h2*1-2,7H,3-6H2,(H,13,14);;/q;;2*+1/p-2. The Morgan fingerprint density at radius 3 is 1.32 bits per heavy atom. The first kappa shape index (κ1) is 29.6. The van der Waals surface area contributed by atoms with Crippen LogP contribution in [0.5, 0.6) is 0 Å². The summed E-state index contributed by atoms with van der Waals surface area (Å²) in [4.78, 5) is 25.0. The van der Waals surface area contributed by atoms with Crippen LogP contribution in [0.1, 0.15) is 20.7 Å². The predicted molar refractivity (Wildman–Crippen MR) is 106 cm³/mol. The molecule has 0 saturated carbocycles. The smallest absolute Gasteiger partial charge is 0.711 e. The van der Waals surface area contributed by atoms with Gasteiger partial charge in [0, 0.05) is 23.3 Å². The number of carbonyl (C=O) groups excluding carboxylic acids is 2. The molecule has 14 heteroatoms. The monoisotopic (exact) mass is 460 g/mol. The van der Waals surface area contributed by atoms with Crippen LogP contribution in [-0.4, -0.2) is 64.5 Å². The van der Waals surface area contributed by atoms with Crippen LogP contribution in [0.4, 0.5) is 11.6 Å². The maximum atomic E-state index is 11.5. The van der Waals surface area contributed by atoms with Crippen molar-refractivity contribution in [3.8, 4) is 0 Å². The number of rotatable bonds is 4. The zero-order valence-electron chi connectivity index (χ0n) is 19.2.